The number of nitrogens with zero attached hydrogens (tertiary/aromatic N) is 4. The number of carboxylic acids is 1. The van der Waals surface area contributed by atoms with Crippen LogP contribution in [0.1, 0.15) is 34.7 Å². The molecule has 0 aliphatic heterocycles. The number of aryl methyl sites for hydroxylation is 3. The van der Waals surface area contributed by atoms with Gasteiger partial charge in [-0.3, -0.25) is 13.9 Å². The van der Waals surface area contributed by atoms with Crippen molar-refractivity contribution < 1.29 is 9.90 Å². The molecule has 0 aliphatic carbocycles. The van der Waals surface area contributed by atoms with E-state index in [9.17, 15) is 14.7 Å². The van der Waals surface area contributed by atoms with Crippen LogP contribution in [0.15, 0.2) is 59.5 Å². The summed E-state index contributed by atoms with van der Waals surface area (Å²) in [4.78, 5) is 30.3. The first-order valence-corrected chi connectivity index (χ1v) is 11.9. The first kappa shape index (κ1) is 23.7. The van der Waals surface area contributed by atoms with Gasteiger partial charge in [0.2, 0.25) is 0 Å². The number of imidazole rings is 1. The smallest absolute Gasteiger partial charge is 0.331 e. The fraction of sp³-hybridized carbons (Fsp3) is 0.222. The molecule has 36 heavy (non-hydrogen) atoms. The highest BCUT2D eigenvalue weighted by atomic mass is 35.5. The van der Waals surface area contributed by atoms with Crippen molar-refractivity contribution in [2.45, 2.75) is 32.9 Å². The third-order valence-electron chi connectivity index (χ3n) is 6.60. The molecular formula is C27H26ClN5O3. The molecule has 184 valence electrons. The van der Waals surface area contributed by atoms with Gasteiger partial charge in [-0.05, 0) is 66.4 Å². The quantitative estimate of drug-likeness (QED) is 0.350. The van der Waals surface area contributed by atoms with Gasteiger partial charge >= 0.3 is 11.7 Å². The summed E-state index contributed by atoms with van der Waals surface area (Å²) in [6.07, 6.45) is 1.73. The van der Waals surface area contributed by atoms with Crippen LogP contribution in [-0.4, -0.2) is 29.8 Å². The van der Waals surface area contributed by atoms with Gasteiger partial charge in [0.05, 0.1) is 24.5 Å². The van der Waals surface area contributed by atoms with Gasteiger partial charge in [-0.1, -0.05) is 29.8 Å². The van der Waals surface area contributed by atoms with Crippen LogP contribution in [0.5, 0.6) is 0 Å². The maximum Gasteiger partial charge on any atom is 0.331 e. The number of nitrogen functional groups attached to an aromatic ring is 1. The van der Waals surface area contributed by atoms with E-state index in [1.54, 1.807) is 41.0 Å². The first-order valence-electron chi connectivity index (χ1n) is 11.5. The molecule has 0 bridgehead atoms. The van der Waals surface area contributed by atoms with Crippen molar-refractivity contribution in [2.75, 3.05) is 5.73 Å². The molecule has 0 fully saturated rings. The van der Waals surface area contributed by atoms with E-state index in [1.165, 1.54) is 10.1 Å². The predicted octanol–water partition coefficient (Wildman–Crippen LogP) is 4.65. The van der Waals surface area contributed by atoms with E-state index in [1.807, 2.05) is 13.2 Å². The lowest BCUT2D eigenvalue weighted by molar-refractivity contribution is -0.137. The van der Waals surface area contributed by atoms with Crippen molar-refractivity contribution in [3.8, 4) is 0 Å². The van der Waals surface area contributed by atoms with Crippen molar-refractivity contribution in [1.82, 2.24) is 18.7 Å². The van der Waals surface area contributed by atoms with Crippen LogP contribution in [0.3, 0.4) is 0 Å². The molecule has 5 aromatic rings. The number of fused-ring (bicyclic) bond motifs is 2. The number of rotatable bonds is 6. The van der Waals surface area contributed by atoms with Crippen LogP contribution in [-0.2, 0) is 18.4 Å². The monoisotopic (exact) mass is 503 g/mol. The number of halogens is 1. The van der Waals surface area contributed by atoms with Crippen molar-refractivity contribution in [2.24, 2.45) is 7.05 Å². The number of benzene rings is 2. The Morgan fingerprint density at radius 3 is 2.53 bits per heavy atom. The summed E-state index contributed by atoms with van der Waals surface area (Å²) in [5.74, 6) is -0.790. The normalized spacial score (nSPS) is 12.4. The van der Waals surface area contributed by atoms with E-state index in [2.05, 4.69) is 35.5 Å². The van der Waals surface area contributed by atoms with Crippen molar-refractivity contribution in [3.05, 3.63) is 92.5 Å². The molecule has 0 aliphatic rings. The van der Waals surface area contributed by atoms with E-state index in [4.69, 9.17) is 17.3 Å². The van der Waals surface area contributed by atoms with Crippen LogP contribution in [0.25, 0.3) is 22.1 Å². The SMILES string of the molecule is Cc1cc(C)c2c(Cn3c(=O)n([C@H](CC(=O)O)c4ccc(Cl)cc4)c4nc(N)ccc43)cn(C)c2c1. The number of aliphatic carboxylic acids is 1. The number of pyridine rings is 1. The molecule has 9 heteroatoms. The van der Waals surface area contributed by atoms with E-state index < -0.39 is 12.0 Å². The second-order valence-electron chi connectivity index (χ2n) is 9.22. The average molecular weight is 504 g/mol. The van der Waals surface area contributed by atoms with Crippen LogP contribution in [0, 0.1) is 13.8 Å². The summed E-state index contributed by atoms with van der Waals surface area (Å²) in [6, 6.07) is 13.7. The molecule has 3 N–H and O–H groups in total. The Bertz CT molecular complexity index is 1700. The lowest BCUT2D eigenvalue weighted by Crippen LogP contribution is -2.30. The van der Waals surface area contributed by atoms with Gasteiger partial charge < -0.3 is 15.4 Å². The minimum atomic E-state index is -1.04. The highest BCUT2D eigenvalue weighted by Crippen LogP contribution is 2.30. The van der Waals surface area contributed by atoms with Crippen molar-refractivity contribution in [1.29, 1.82) is 0 Å². The maximum absolute atomic E-state index is 14.0. The van der Waals surface area contributed by atoms with E-state index >= 15 is 0 Å². The summed E-state index contributed by atoms with van der Waals surface area (Å²) in [7, 11) is 1.99. The van der Waals surface area contributed by atoms with Gasteiger partial charge in [-0.25, -0.2) is 9.78 Å². The van der Waals surface area contributed by atoms with E-state index in [-0.39, 0.29) is 17.9 Å². The number of aromatic nitrogens is 4. The molecule has 2 aromatic carbocycles. The lowest BCUT2D eigenvalue weighted by atomic mass is 10.0. The molecule has 5 rings (SSSR count). The van der Waals surface area contributed by atoms with Crippen LogP contribution in [0.4, 0.5) is 5.82 Å². The van der Waals surface area contributed by atoms with Gasteiger partial charge in [0.1, 0.15) is 5.82 Å². The second-order valence-corrected chi connectivity index (χ2v) is 9.66. The van der Waals surface area contributed by atoms with Crippen molar-refractivity contribution in [3.63, 3.8) is 0 Å². The zero-order valence-electron chi connectivity index (χ0n) is 20.2. The molecule has 0 unspecified atom stereocenters. The van der Waals surface area contributed by atoms with Gasteiger partial charge in [0.15, 0.2) is 5.65 Å². The summed E-state index contributed by atoms with van der Waals surface area (Å²) in [6.45, 7) is 4.43. The number of hydrogen-bond acceptors (Lipinski definition) is 4. The molecular weight excluding hydrogens is 478 g/mol. The molecule has 1 atom stereocenters. The first-order chi connectivity index (χ1) is 17.1. The maximum atomic E-state index is 14.0. The number of carboxylic acid groups (broad SMARTS) is 1. The molecule has 0 spiro atoms. The lowest BCUT2D eigenvalue weighted by Gasteiger charge is -2.17. The molecule has 0 radical (unpaired) electrons. The van der Waals surface area contributed by atoms with Crippen LogP contribution >= 0.6 is 11.6 Å². The standard InChI is InChI=1S/C27H26ClN5O3/c1-15-10-16(2)25-18(13-31(3)22(25)11-15)14-32-20-8-9-23(29)30-26(20)33(27(32)36)21(12-24(34)35)17-4-6-19(28)7-5-17/h4-11,13,21H,12,14H2,1-3H3,(H2,29,30)(H,34,35)/t21-/m1/s1. The summed E-state index contributed by atoms with van der Waals surface area (Å²) in [5.41, 5.74) is 11.6. The Labute approximate surface area is 212 Å². The summed E-state index contributed by atoms with van der Waals surface area (Å²) < 4.78 is 5.14. The predicted molar refractivity (Wildman–Crippen MR) is 142 cm³/mol. The Morgan fingerprint density at radius 1 is 1.11 bits per heavy atom. The van der Waals surface area contributed by atoms with Crippen LogP contribution in [0.2, 0.25) is 5.02 Å². The third kappa shape index (κ3) is 4.03. The van der Waals surface area contributed by atoms with Crippen molar-refractivity contribution >= 4 is 45.5 Å². The molecule has 3 heterocycles. The fourth-order valence-electron chi connectivity index (χ4n) is 5.11. The number of anilines is 1. The van der Waals surface area contributed by atoms with Gasteiger partial charge in [-0.15, -0.1) is 0 Å². The number of carbonyl (C=O) groups is 1. The number of hydrogen-bond donors (Lipinski definition) is 2. The highest BCUT2D eigenvalue weighted by molar-refractivity contribution is 6.30. The van der Waals surface area contributed by atoms with Crippen LogP contribution < -0.4 is 11.4 Å². The second kappa shape index (κ2) is 8.87. The average Bonchev–Trinajstić information content (AvgIpc) is 3.26. The Hall–Kier alpha value is -4.04. The molecule has 0 amide bonds. The minimum Gasteiger partial charge on any atom is -0.481 e. The minimum absolute atomic E-state index is 0.245. The molecule has 8 nitrogen and oxygen atoms in total. The summed E-state index contributed by atoms with van der Waals surface area (Å²) in [5, 5.41) is 11.3. The fourth-order valence-corrected chi connectivity index (χ4v) is 5.23. The largest absolute Gasteiger partial charge is 0.481 e. The van der Waals surface area contributed by atoms with Gasteiger partial charge in [0.25, 0.3) is 0 Å². The van der Waals surface area contributed by atoms with Gasteiger partial charge in [-0.2, -0.15) is 0 Å². The Kier molecular flexibility index (Phi) is 5.84. The Balaban J connectivity index is 1.74. The summed E-state index contributed by atoms with van der Waals surface area (Å²) >= 11 is 6.06. The van der Waals surface area contributed by atoms with Gasteiger partial charge in [0, 0.05) is 29.2 Å². The zero-order chi connectivity index (χ0) is 25.7. The molecule has 0 saturated carbocycles. The topological polar surface area (TPSA) is 108 Å². The zero-order valence-corrected chi connectivity index (χ0v) is 21.0. The Morgan fingerprint density at radius 2 is 1.83 bits per heavy atom. The number of nitrogens with two attached hydrogens (primary N) is 1. The highest BCUT2D eigenvalue weighted by Gasteiger charge is 2.26. The molecule has 0 saturated heterocycles. The van der Waals surface area contributed by atoms with E-state index in [0.29, 0.717) is 28.3 Å². The molecule has 3 aromatic heterocycles. The van der Waals surface area contributed by atoms with E-state index in [0.717, 1.165) is 22.0 Å². The third-order valence-corrected chi connectivity index (χ3v) is 6.86.